The largest absolute Gasteiger partial charge is 0.475 e. The van der Waals surface area contributed by atoms with Gasteiger partial charge in [0.05, 0.1) is 0 Å². The van der Waals surface area contributed by atoms with Crippen LogP contribution in [0, 0.1) is 0 Å². The number of ether oxygens (including phenoxy) is 1. The van der Waals surface area contributed by atoms with Crippen LogP contribution >= 0.6 is 0 Å². The number of aliphatic hydroxyl groups excluding tert-OH is 1. The summed E-state index contributed by atoms with van der Waals surface area (Å²) < 4.78 is 4.91. The van der Waals surface area contributed by atoms with E-state index in [0.717, 1.165) is 25.7 Å². The molecule has 45 heavy (non-hydrogen) atoms. The van der Waals surface area contributed by atoms with Crippen molar-refractivity contribution in [1.29, 1.82) is 0 Å². The van der Waals surface area contributed by atoms with E-state index in [2.05, 4.69) is 56.4 Å². The molecule has 252 valence electrons. The van der Waals surface area contributed by atoms with Gasteiger partial charge in [0.1, 0.15) is 0 Å². The smallest absolute Gasteiger partial charge is 0.371 e. The Labute approximate surface area is 274 Å². The van der Waals surface area contributed by atoms with Crippen molar-refractivity contribution < 1.29 is 24.5 Å². The fourth-order valence-corrected chi connectivity index (χ4v) is 4.34. The lowest BCUT2D eigenvalue weighted by Gasteiger charge is -2.09. The molecule has 0 amide bonds. The first-order valence-electron chi connectivity index (χ1n) is 17.5. The molecular formula is C40H62O5. The van der Waals surface area contributed by atoms with E-state index >= 15 is 0 Å². The first kappa shape index (κ1) is 41.8. The maximum Gasteiger partial charge on any atom is 0.371 e. The quantitative estimate of drug-likeness (QED) is 0.0216. The number of esters is 1. The number of allylic oxidation sites excluding steroid dienone is 15. The number of hydrogen-bond donors (Lipinski definition) is 2. The molecule has 1 atom stereocenters. The Bertz CT molecular complexity index is 961. The number of hydrogen-bond acceptors (Lipinski definition) is 4. The van der Waals surface area contributed by atoms with Crippen molar-refractivity contribution in [3.63, 3.8) is 0 Å². The molecular weight excluding hydrogens is 560 g/mol. The van der Waals surface area contributed by atoms with E-state index in [1.54, 1.807) is 12.2 Å². The summed E-state index contributed by atoms with van der Waals surface area (Å²) in [5.74, 6) is -2.87. The van der Waals surface area contributed by atoms with Crippen LogP contribution in [0.4, 0.5) is 0 Å². The minimum Gasteiger partial charge on any atom is -0.475 e. The molecule has 0 aliphatic carbocycles. The van der Waals surface area contributed by atoms with Gasteiger partial charge in [-0.1, -0.05) is 163 Å². The van der Waals surface area contributed by atoms with Crippen LogP contribution < -0.4 is 0 Å². The van der Waals surface area contributed by atoms with Gasteiger partial charge in [-0.25, -0.2) is 9.59 Å². The molecule has 0 aromatic heterocycles. The summed E-state index contributed by atoms with van der Waals surface area (Å²) in [5, 5.41) is 19.4. The van der Waals surface area contributed by atoms with Gasteiger partial charge in [0.15, 0.2) is 6.10 Å². The summed E-state index contributed by atoms with van der Waals surface area (Å²) in [6.07, 6.45) is 48.8. The number of carbonyl (C=O) groups excluding carboxylic acids is 1. The van der Waals surface area contributed by atoms with Crippen LogP contribution in [0.5, 0.6) is 0 Å². The van der Waals surface area contributed by atoms with E-state index in [9.17, 15) is 19.8 Å². The lowest BCUT2D eigenvalue weighted by molar-refractivity contribution is -0.155. The Hall–Kier alpha value is -3.18. The molecule has 0 aromatic rings. The third kappa shape index (κ3) is 30.6. The molecule has 0 aliphatic heterocycles. The van der Waals surface area contributed by atoms with E-state index in [1.165, 1.54) is 95.6 Å². The van der Waals surface area contributed by atoms with Gasteiger partial charge in [-0.05, 0) is 63.9 Å². The number of rotatable bonds is 29. The second kappa shape index (κ2) is 33.7. The highest BCUT2D eigenvalue weighted by molar-refractivity contribution is 5.89. The Morgan fingerprint density at radius 3 is 1.60 bits per heavy atom. The number of unbranched alkanes of at least 4 members (excludes halogenated alkanes) is 12. The van der Waals surface area contributed by atoms with Gasteiger partial charge in [-0.3, -0.25) is 0 Å². The topological polar surface area (TPSA) is 83.8 Å². The zero-order valence-electron chi connectivity index (χ0n) is 28.3. The summed E-state index contributed by atoms with van der Waals surface area (Å²) in [6.45, 7) is 4.46. The van der Waals surface area contributed by atoms with E-state index in [0.29, 0.717) is 6.42 Å². The molecule has 0 bridgehead atoms. The standard InChI is InChI=1S/C40H62O5/c1-3-5-7-9-11-13-15-17-19-21-23-25-27-29-31-33-35-37(41)40(44)45-38(39(42)43)36-34-32-30-28-26-24-22-20-18-16-14-12-10-8-6-4-2/h11,13,17,19,23-26,28-32,34,36-37,41H,3-10,12,14-16,18,20-22,27,33,35H2,1-2H3,(H,42,43). The minimum atomic E-state index is -1.39. The Balaban J connectivity index is 4.13. The van der Waals surface area contributed by atoms with Crippen molar-refractivity contribution in [2.45, 2.75) is 142 Å². The molecule has 5 heteroatoms. The number of carboxylic acids is 1. The second-order valence-corrected chi connectivity index (χ2v) is 11.3. The van der Waals surface area contributed by atoms with Crippen LogP contribution in [0.2, 0.25) is 0 Å². The molecule has 0 aliphatic rings. The Morgan fingerprint density at radius 1 is 0.556 bits per heavy atom. The first-order valence-corrected chi connectivity index (χ1v) is 17.5. The van der Waals surface area contributed by atoms with E-state index in [-0.39, 0.29) is 6.42 Å². The molecule has 0 spiro atoms. The predicted molar refractivity (Wildman–Crippen MR) is 191 cm³/mol. The highest BCUT2D eigenvalue weighted by Crippen LogP contribution is 2.11. The molecule has 2 N–H and O–H groups in total. The van der Waals surface area contributed by atoms with E-state index < -0.39 is 23.8 Å². The monoisotopic (exact) mass is 622 g/mol. The van der Waals surface area contributed by atoms with Crippen molar-refractivity contribution in [1.82, 2.24) is 0 Å². The predicted octanol–water partition coefficient (Wildman–Crippen LogP) is 11.2. The number of carboxylic acid groups (broad SMARTS) is 1. The highest BCUT2D eigenvalue weighted by atomic mass is 16.6. The molecule has 5 nitrogen and oxygen atoms in total. The van der Waals surface area contributed by atoms with Crippen molar-refractivity contribution >= 4 is 11.9 Å². The average Bonchev–Trinajstić information content (AvgIpc) is 3.03. The summed E-state index contributed by atoms with van der Waals surface area (Å²) in [6, 6.07) is 0. The van der Waals surface area contributed by atoms with Gasteiger partial charge in [0, 0.05) is 0 Å². The lowest BCUT2D eigenvalue weighted by Crippen LogP contribution is -2.24. The zero-order chi connectivity index (χ0) is 33.1. The molecule has 0 fully saturated rings. The molecule has 0 rings (SSSR count). The van der Waals surface area contributed by atoms with Gasteiger partial charge < -0.3 is 14.9 Å². The number of aliphatic carboxylic acids is 1. The van der Waals surface area contributed by atoms with Crippen LogP contribution in [-0.2, 0) is 14.3 Å². The Kier molecular flexibility index (Phi) is 31.3. The molecule has 1 unspecified atom stereocenters. The molecule has 0 aromatic carbocycles. The van der Waals surface area contributed by atoms with Crippen molar-refractivity contribution in [2.24, 2.45) is 0 Å². The van der Waals surface area contributed by atoms with Crippen LogP contribution in [0.15, 0.2) is 96.9 Å². The number of carbonyl (C=O) groups is 2. The normalized spacial score (nSPS) is 13.7. The van der Waals surface area contributed by atoms with Crippen LogP contribution in [0.3, 0.4) is 0 Å². The van der Waals surface area contributed by atoms with Crippen LogP contribution in [0.25, 0.3) is 0 Å². The molecule has 0 saturated heterocycles. The number of aliphatic hydroxyl groups is 1. The lowest BCUT2D eigenvalue weighted by atomic mass is 10.1. The highest BCUT2D eigenvalue weighted by Gasteiger charge is 2.20. The van der Waals surface area contributed by atoms with E-state index in [4.69, 9.17) is 4.74 Å². The minimum absolute atomic E-state index is 0.157. The van der Waals surface area contributed by atoms with Gasteiger partial charge in [0.2, 0.25) is 5.76 Å². The van der Waals surface area contributed by atoms with Crippen molar-refractivity contribution in [3.05, 3.63) is 96.9 Å². The first-order chi connectivity index (χ1) is 22.0. The zero-order valence-corrected chi connectivity index (χ0v) is 28.3. The fraction of sp³-hybridized carbons (Fsp3) is 0.550. The summed E-state index contributed by atoms with van der Waals surface area (Å²) in [5.41, 5.74) is 0. The third-order valence-electron chi connectivity index (χ3n) is 7.06. The third-order valence-corrected chi connectivity index (χ3v) is 7.06. The van der Waals surface area contributed by atoms with Crippen molar-refractivity contribution in [3.8, 4) is 0 Å². The van der Waals surface area contributed by atoms with Crippen LogP contribution in [0.1, 0.15) is 136 Å². The molecule has 0 radical (unpaired) electrons. The summed E-state index contributed by atoms with van der Waals surface area (Å²) >= 11 is 0. The molecule has 0 saturated carbocycles. The maximum absolute atomic E-state index is 12.2. The fourth-order valence-electron chi connectivity index (χ4n) is 4.34. The Morgan fingerprint density at radius 2 is 1.00 bits per heavy atom. The van der Waals surface area contributed by atoms with E-state index in [1.807, 2.05) is 24.3 Å². The van der Waals surface area contributed by atoms with Crippen molar-refractivity contribution in [2.75, 3.05) is 0 Å². The maximum atomic E-state index is 12.2. The van der Waals surface area contributed by atoms with Gasteiger partial charge in [-0.2, -0.15) is 0 Å². The SMILES string of the molecule is CCCCCC=CCC=CCC=CCC=CCCC(O)C(=O)OC(=CC=CC=CC=CCCCCCCCCCCC)C(=O)O. The van der Waals surface area contributed by atoms with Crippen LogP contribution in [-0.4, -0.2) is 28.3 Å². The summed E-state index contributed by atoms with van der Waals surface area (Å²) in [4.78, 5) is 23.6. The molecule has 0 heterocycles. The average molecular weight is 623 g/mol. The van der Waals surface area contributed by atoms with Gasteiger partial charge in [0.25, 0.3) is 0 Å². The summed E-state index contributed by atoms with van der Waals surface area (Å²) in [7, 11) is 0. The second-order valence-electron chi connectivity index (χ2n) is 11.3. The van der Waals surface area contributed by atoms with Gasteiger partial charge >= 0.3 is 11.9 Å². The van der Waals surface area contributed by atoms with Gasteiger partial charge in [-0.15, -0.1) is 0 Å².